The number of hydrogen-bond donors (Lipinski definition) is 2. The van der Waals surface area contributed by atoms with Crippen molar-refractivity contribution in [2.75, 3.05) is 13.2 Å². The second-order valence-corrected chi connectivity index (χ2v) is 5.25. The monoisotopic (exact) mass is 307 g/mol. The lowest BCUT2D eigenvalue weighted by molar-refractivity contribution is 0.0952. The summed E-state index contributed by atoms with van der Waals surface area (Å²) in [4.78, 5) is 11.8. The van der Waals surface area contributed by atoms with Gasteiger partial charge in [0.05, 0.1) is 15.6 Å². The molecule has 1 aromatic carbocycles. The highest BCUT2D eigenvalue weighted by atomic mass is 35.5. The Labute approximate surface area is 121 Å². The van der Waals surface area contributed by atoms with Gasteiger partial charge in [0.2, 0.25) is 0 Å². The summed E-state index contributed by atoms with van der Waals surface area (Å²) in [6, 6.07) is 2.23. The molecule has 0 fully saturated rings. The first-order valence-corrected chi connectivity index (χ1v) is 6.75. The van der Waals surface area contributed by atoms with E-state index in [1.807, 2.05) is 6.92 Å². The third kappa shape index (κ3) is 4.97. The van der Waals surface area contributed by atoms with Gasteiger partial charge in [-0.1, -0.05) is 30.1 Å². The number of nitrogens with one attached hydrogen (secondary N) is 1. The topological polar surface area (TPSA) is 49.3 Å². The van der Waals surface area contributed by atoms with Gasteiger partial charge < -0.3 is 10.4 Å². The highest BCUT2D eigenvalue weighted by molar-refractivity contribution is 6.36. The van der Waals surface area contributed by atoms with Gasteiger partial charge in [0.1, 0.15) is 5.82 Å². The Balaban J connectivity index is 2.52. The Hall–Kier alpha value is -0.840. The smallest absolute Gasteiger partial charge is 0.252 e. The zero-order valence-electron chi connectivity index (χ0n) is 10.5. The molecule has 0 radical (unpaired) electrons. The van der Waals surface area contributed by atoms with Gasteiger partial charge in [0.15, 0.2) is 0 Å². The van der Waals surface area contributed by atoms with Gasteiger partial charge in [-0.2, -0.15) is 0 Å². The quantitative estimate of drug-likeness (QED) is 0.626. The first-order valence-electron chi connectivity index (χ1n) is 5.99. The largest absolute Gasteiger partial charge is 0.396 e. The minimum absolute atomic E-state index is 0.0683. The van der Waals surface area contributed by atoms with E-state index in [0.717, 1.165) is 18.9 Å². The molecule has 1 rings (SSSR count). The highest BCUT2D eigenvalue weighted by Gasteiger charge is 2.13. The van der Waals surface area contributed by atoms with Crippen LogP contribution < -0.4 is 5.32 Å². The Kier molecular flexibility index (Phi) is 6.55. The lowest BCUT2D eigenvalue weighted by atomic mass is 10.1. The molecule has 0 saturated heterocycles. The van der Waals surface area contributed by atoms with Crippen molar-refractivity contribution < 1.29 is 14.3 Å². The Bertz CT molecular complexity index is 455. The first kappa shape index (κ1) is 16.2. The van der Waals surface area contributed by atoms with Crippen LogP contribution in [0, 0.1) is 11.7 Å². The molecule has 1 aromatic rings. The number of carbonyl (C=O) groups excluding carboxylic acids is 1. The molecule has 106 valence electrons. The molecule has 0 aliphatic heterocycles. The fraction of sp³-hybridized carbons (Fsp3) is 0.462. The normalized spacial score (nSPS) is 12.3. The molecule has 0 bridgehead atoms. The van der Waals surface area contributed by atoms with E-state index in [9.17, 15) is 9.18 Å². The van der Waals surface area contributed by atoms with Crippen LogP contribution in [0.25, 0.3) is 0 Å². The van der Waals surface area contributed by atoms with Gasteiger partial charge in [-0.05, 0) is 30.9 Å². The molecule has 19 heavy (non-hydrogen) atoms. The molecule has 1 amide bonds. The minimum Gasteiger partial charge on any atom is -0.396 e. The number of rotatable bonds is 6. The van der Waals surface area contributed by atoms with Crippen LogP contribution in [-0.4, -0.2) is 24.2 Å². The van der Waals surface area contributed by atoms with Crippen molar-refractivity contribution in [2.45, 2.75) is 19.8 Å². The molecule has 6 heteroatoms. The molecule has 3 nitrogen and oxygen atoms in total. The van der Waals surface area contributed by atoms with E-state index in [1.165, 1.54) is 6.07 Å². The van der Waals surface area contributed by atoms with Crippen LogP contribution in [0.2, 0.25) is 10.0 Å². The van der Waals surface area contributed by atoms with Crippen LogP contribution in [0.5, 0.6) is 0 Å². The predicted octanol–water partition coefficient (Wildman–Crippen LogP) is 3.27. The van der Waals surface area contributed by atoms with Crippen molar-refractivity contribution in [1.29, 1.82) is 0 Å². The third-order valence-electron chi connectivity index (χ3n) is 2.73. The van der Waals surface area contributed by atoms with Gasteiger partial charge in [0, 0.05) is 13.2 Å². The number of aliphatic hydroxyl groups excluding tert-OH is 1. The maximum atomic E-state index is 13.3. The minimum atomic E-state index is -0.676. The van der Waals surface area contributed by atoms with Crippen LogP contribution in [0.15, 0.2) is 12.1 Å². The lowest BCUT2D eigenvalue weighted by Gasteiger charge is -2.09. The van der Waals surface area contributed by atoms with Crippen molar-refractivity contribution in [3.05, 3.63) is 33.6 Å². The summed E-state index contributed by atoms with van der Waals surface area (Å²) in [5.74, 6) is -0.907. The molecule has 1 unspecified atom stereocenters. The van der Waals surface area contributed by atoms with E-state index in [-0.39, 0.29) is 28.1 Å². The fourth-order valence-corrected chi connectivity index (χ4v) is 2.00. The van der Waals surface area contributed by atoms with Crippen LogP contribution in [0.4, 0.5) is 4.39 Å². The molecular weight excluding hydrogens is 292 g/mol. The molecule has 0 aliphatic carbocycles. The summed E-state index contributed by atoms with van der Waals surface area (Å²) in [5, 5.41) is 11.5. The summed E-state index contributed by atoms with van der Waals surface area (Å²) in [7, 11) is 0. The van der Waals surface area contributed by atoms with Gasteiger partial charge in [-0.15, -0.1) is 0 Å². The van der Waals surface area contributed by atoms with Gasteiger partial charge in [0.25, 0.3) is 5.91 Å². The van der Waals surface area contributed by atoms with Crippen molar-refractivity contribution in [1.82, 2.24) is 5.32 Å². The maximum Gasteiger partial charge on any atom is 0.252 e. The molecular formula is C13H16Cl2FNO2. The Morgan fingerprint density at radius 2 is 2.11 bits per heavy atom. The van der Waals surface area contributed by atoms with Crippen molar-refractivity contribution in [2.24, 2.45) is 5.92 Å². The Morgan fingerprint density at radius 3 is 2.74 bits per heavy atom. The van der Waals surface area contributed by atoms with E-state index in [2.05, 4.69) is 5.32 Å². The summed E-state index contributed by atoms with van der Waals surface area (Å²) < 4.78 is 13.3. The lowest BCUT2D eigenvalue weighted by Crippen LogP contribution is -2.25. The van der Waals surface area contributed by atoms with Crippen LogP contribution >= 0.6 is 23.2 Å². The second kappa shape index (κ2) is 7.68. The average Bonchev–Trinajstić information content (AvgIpc) is 2.38. The van der Waals surface area contributed by atoms with Crippen molar-refractivity contribution in [3.8, 4) is 0 Å². The van der Waals surface area contributed by atoms with E-state index < -0.39 is 11.7 Å². The summed E-state index contributed by atoms with van der Waals surface area (Å²) >= 11 is 11.4. The summed E-state index contributed by atoms with van der Waals surface area (Å²) in [6.07, 6.45) is 1.54. The SMILES string of the molecule is CC(CO)CCCNC(=O)c1cc(F)c(Cl)cc1Cl. The second-order valence-electron chi connectivity index (χ2n) is 4.43. The molecule has 0 heterocycles. The van der Waals surface area contributed by atoms with Crippen LogP contribution in [0.3, 0.4) is 0 Å². The van der Waals surface area contributed by atoms with Crippen molar-refractivity contribution in [3.63, 3.8) is 0 Å². The molecule has 0 spiro atoms. The van der Waals surface area contributed by atoms with E-state index in [1.54, 1.807) is 0 Å². The zero-order chi connectivity index (χ0) is 14.4. The van der Waals surface area contributed by atoms with Gasteiger partial charge in [-0.3, -0.25) is 4.79 Å². The number of carbonyl (C=O) groups is 1. The summed E-state index contributed by atoms with van der Waals surface area (Å²) in [6.45, 7) is 2.50. The average molecular weight is 308 g/mol. The molecule has 0 saturated carbocycles. The number of aliphatic hydroxyl groups is 1. The predicted molar refractivity (Wildman–Crippen MR) is 74.2 cm³/mol. The van der Waals surface area contributed by atoms with Gasteiger partial charge >= 0.3 is 0 Å². The third-order valence-corrected chi connectivity index (χ3v) is 3.33. The maximum absolute atomic E-state index is 13.3. The van der Waals surface area contributed by atoms with Crippen LogP contribution in [0.1, 0.15) is 30.1 Å². The standard InChI is InChI=1S/C13H16Cl2FNO2/c1-8(7-18)3-2-4-17-13(19)9-5-12(16)11(15)6-10(9)14/h5-6,8,18H,2-4,7H2,1H3,(H,17,19). The fourth-order valence-electron chi connectivity index (χ4n) is 1.54. The van der Waals surface area contributed by atoms with Crippen LogP contribution in [-0.2, 0) is 0 Å². The molecule has 1 atom stereocenters. The van der Waals surface area contributed by atoms with E-state index >= 15 is 0 Å². The highest BCUT2D eigenvalue weighted by Crippen LogP contribution is 2.24. The number of benzene rings is 1. The van der Waals surface area contributed by atoms with Crippen molar-refractivity contribution >= 4 is 29.1 Å². The zero-order valence-corrected chi connectivity index (χ0v) is 12.1. The van der Waals surface area contributed by atoms with E-state index in [0.29, 0.717) is 6.54 Å². The van der Waals surface area contributed by atoms with Gasteiger partial charge in [-0.25, -0.2) is 4.39 Å². The first-order chi connectivity index (χ1) is 8.95. The molecule has 0 aromatic heterocycles. The number of halogens is 3. The molecule has 2 N–H and O–H groups in total. The van der Waals surface area contributed by atoms with E-state index in [4.69, 9.17) is 28.3 Å². The molecule has 0 aliphatic rings. The Morgan fingerprint density at radius 1 is 1.42 bits per heavy atom. The number of amides is 1. The summed E-state index contributed by atoms with van der Waals surface area (Å²) in [5.41, 5.74) is 0.0683. The number of hydrogen-bond acceptors (Lipinski definition) is 2.